The highest BCUT2D eigenvalue weighted by atomic mass is 35.5. The van der Waals surface area contributed by atoms with Crippen LogP contribution in [0.15, 0.2) is 29.3 Å². The van der Waals surface area contributed by atoms with Crippen LogP contribution in [0.25, 0.3) is 11.3 Å². The molecule has 0 unspecified atom stereocenters. The molecule has 5 nitrogen and oxygen atoms in total. The van der Waals surface area contributed by atoms with E-state index in [2.05, 4.69) is 31.2 Å². The maximum atomic E-state index is 12.3. The number of halogens is 4. The number of alkyl halides is 4. The minimum absolute atomic E-state index is 0.0568. The van der Waals surface area contributed by atoms with Crippen molar-refractivity contribution in [3.05, 3.63) is 35.7 Å². The van der Waals surface area contributed by atoms with Gasteiger partial charge in [0.05, 0.1) is 12.2 Å². The number of hydrogen-bond donors (Lipinski definition) is 1. The summed E-state index contributed by atoms with van der Waals surface area (Å²) in [5.41, 5.74) is 1.80. The van der Waals surface area contributed by atoms with Gasteiger partial charge in [0, 0.05) is 11.1 Å². The molecule has 0 aliphatic rings. The Morgan fingerprint density at radius 3 is 2.54 bits per heavy atom. The van der Waals surface area contributed by atoms with Crippen LogP contribution < -0.4 is 10.1 Å². The molecular weight excluding hydrogens is 415 g/mol. The molecule has 148 valence electrons. The van der Waals surface area contributed by atoms with E-state index >= 15 is 0 Å². The molecule has 0 saturated carbocycles. The van der Waals surface area contributed by atoms with E-state index in [-0.39, 0.29) is 24.1 Å². The predicted octanol–water partition coefficient (Wildman–Crippen LogP) is 4.28. The molecule has 1 aromatic heterocycles. The Hall–Kier alpha value is -2.44. The average Bonchev–Trinajstić information content (AvgIpc) is 2.65. The van der Waals surface area contributed by atoms with Crippen molar-refractivity contribution in [2.45, 2.75) is 31.8 Å². The van der Waals surface area contributed by atoms with Gasteiger partial charge in [-0.25, -0.2) is 9.97 Å². The van der Waals surface area contributed by atoms with Crippen LogP contribution in [0.3, 0.4) is 0 Å². The second-order valence-electron chi connectivity index (χ2n) is 5.36. The zero-order chi connectivity index (χ0) is 20.7. The van der Waals surface area contributed by atoms with Gasteiger partial charge in [0.2, 0.25) is 5.91 Å². The summed E-state index contributed by atoms with van der Waals surface area (Å²) in [6.07, 6.45) is -4.76. The highest BCUT2D eigenvalue weighted by molar-refractivity contribution is 8.03. The van der Waals surface area contributed by atoms with E-state index in [0.29, 0.717) is 27.7 Å². The number of rotatable bonds is 6. The molecule has 0 aliphatic carbocycles. The lowest BCUT2D eigenvalue weighted by molar-refractivity contribution is -0.274. The number of carbonyl (C=O) groups excluding carboxylic acids is 1. The molecule has 2 aromatic rings. The molecule has 2 rings (SSSR count). The molecule has 0 fully saturated rings. The first-order valence-corrected chi connectivity index (χ1v) is 9.23. The molecule has 28 heavy (non-hydrogen) atoms. The number of ether oxygens (including phenoxy) is 1. The van der Waals surface area contributed by atoms with E-state index < -0.39 is 6.36 Å². The standard InChI is InChI=1S/C18H15ClF3N3O2S/c1-3-8-28-17-11(2)16(24-14(25-17)10-23-15(26)9-19)12-4-6-13(7-5-12)27-18(20,21)22/h4-7H,9-10H2,1-2H3,(H,23,26). The van der Waals surface area contributed by atoms with Crippen molar-refractivity contribution in [3.8, 4) is 28.2 Å². The summed E-state index contributed by atoms with van der Waals surface area (Å²) >= 11 is 6.66. The van der Waals surface area contributed by atoms with Crippen LogP contribution in [0.4, 0.5) is 13.2 Å². The molecule has 0 spiro atoms. The van der Waals surface area contributed by atoms with E-state index in [1.165, 1.54) is 36.0 Å². The van der Waals surface area contributed by atoms with Crippen molar-refractivity contribution < 1.29 is 22.7 Å². The van der Waals surface area contributed by atoms with Gasteiger partial charge >= 0.3 is 6.36 Å². The lowest BCUT2D eigenvalue weighted by Gasteiger charge is -2.13. The summed E-state index contributed by atoms with van der Waals surface area (Å²) in [7, 11) is 0. The largest absolute Gasteiger partial charge is 0.573 e. The Balaban J connectivity index is 2.39. The molecule has 0 radical (unpaired) electrons. The van der Waals surface area contributed by atoms with Crippen LogP contribution in [-0.4, -0.2) is 28.1 Å². The molecule has 0 saturated heterocycles. The van der Waals surface area contributed by atoms with E-state index in [9.17, 15) is 18.0 Å². The Labute approximate surface area is 169 Å². The smallest absolute Gasteiger partial charge is 0.406 e. The molecule has 1 amide bonds. The van der Waals surface area contributed by atoms with Crippen LogP contribution >= 0.6 is 23.4 Å². The summed E-state index contributed by atoms with van der Waals surface area (Å²) < 4.78 is 40.9. The summed E-state index contributed by atoms with van der Waals surface area (Å²) in [6.45, 7) is 3.53. The highest BCUT2D eigenvalue weighted by Crippen LogP contribution is 2.30. The Bertz CT molecular complexity index is 909. The maximum Gasteiger partial charge on any atom is 0.573 e. The lowest BCUT2D eigenvalue weighted by Crippen LogP contribution is -2.25. The maximum absolute atomic E-state index is 12.3. The average molecular weight is 430 g/mol. The first kappa shape index (κ1) is 21.9. The van der Waals surface area contributed by atoms with Gasteiger partial charge in [-0.3, -0.25) is 4.79 Å². The monoisotopic (exact) mass is 429 g/mol. The van der Waals surface area contributed by atoms with Gasteiger partial charge in [0.15, 0.2) is 0 Å². The van der Waals surface area contributed by atoms with Crippen LogP contribution in [0, 0.1) is 18.1 Å². The van der Waals surface area contributed by atoms with Crippen LogP contribution in [-0.2, 0) is 11.3 Å². The van der Waals surface area contributed by atoms with Crippen molar-refractivity contribution >= 4 is 29.3 Å². The van der Waals surface area contributed by atoms with Gasteiger partial charge in [-0.15, -0.1) is 24.8 Å². The minimum Gasteiger partial charge on any atom is -0.406 e. The Morgan fingerprint density at radius 1 is 1.29 bits per heavy atom. The van der Waals surface area contributed by atoms with Crippen LogP contribution in [0.1, 0.15) is 18.3 Å². The third-order valence-corrected chi connectivity index (χ3v) is 4.46. The SMILES string of the molecule is CC#CSc1nc(CNC(=O)CCl)nc(-c2ccc(OC(F)(F)F)cc2)c1C. The van der Waals surface area contributed by atoms with Crippen molar-refractivity contribution in [1.82, 2.24) is 15.3 Å². The molecule has 0 atom stereocenters. The van der Waals surface area contributed by atoms with E-state index in [1.807, 2.05) is 0 Å². The zero-order valence-corrected chi connectivity index (χ0v) is 16.4. The fourth-order valence-electron chi connectivity index (χ4n) is 2.14. The number of nitrogens with one attached hydrogen (secondary N) is 1. The molecule has 10 heteroatoms. The summed E-state index contributed by atoms with van der Waals surface area (Å²) in [4.78, 5) is 20.2. The molecule has 0 bridgehead atoms. The van der Waals surface area contributed by atoms with E-state index in [1.54, 1.807) is 13.8 Å². The number of amides is 1. The normalized spacial score (nSPS) is 10.8. The Kier molecular flexibility index (Phi) is 7.54. The number of aromatic nitrogens is 2. The summed E-state index contributed by atoms with van der Waals surface area (Å²) in [6, 6.07) is 5.35. The molecule has 0 aliphatic heterocycles. The van der Waals surface area contributed by atoms with Crippen LogP contribution in [0.5, 0.6) is 5.75 Å². The number of carbonyl (C=O) groups is 1. The third kappa shape index (κ3) is 6.32. The second kappa shape index (κ2) is 9.66. The van der Waals surface area contributed by atoms with Crippen molar-refractivity contribution in [2.75, 3.05) is 5.88 Å². The third-order valence-electron chi connectivity index (χ3n) is 3.32. The van der Waals surface area contributed by atoms with Crippen LogP contribution in [0.2, 0.25) is 0 Å². The fourth-order valence-corrected chi connectivity index (χ4v) is 2.83. The number of nitrogens with zero attached hydrogens (tertiary/aromatic N) is 2. The first-order valence-electron chi connectivity index (χ1n) is 7.88. The molecule has 1 aromatic carbocycles. The Morgan fingerprint density at radius 2 is 1.96 bits per heavy atom. The van der Waals surface area contributed by atoms with Gasteiger partial charge in [0.1, 0.15) is 22.5 Å². The number of thioether (sulfide) groups is 1. The quantitative estimate of drug-likeness (QED) is 0.321. The van der Waals surface area contributed by atoms with E-state index in [0.717, 1.165) is 0 Å². The molecule has 1 heterocycles. The minimum atomic E-state index is -4.76. The lowest BCUT2D eigenvalue weighted by atomic mass is 10.1. The number of benzene rings is 1. The second-order valence-corrected chi connectivity index (χ2v) is 6.42. The van der Waals surface area contributed by atoms with E-state index in [4.69, 9.17) is 11.6 Å². The topological polar surface area (TPSA) is 64.1 Å². The predicted molar refractivity (Wildman–Crippen MR) is 101 cm³/mol. The van der Waals surface area contributed by atoms with Gasteiger partial charge in [0.25, 0.3) is 0 Å². The molecule has 1 N–H and O–H groups in total. The van der Waals surface area contributed by atoms with Gasteiger partial charge < -0.3 is 10.1 Å². The summed E-state index contributed by atoms with van der Waals surface area (Å²) in [5, 5.41) is 6.01. The number of hydrogen-bond acceptors (Lipinski definition) is 5. The van der Waals surface area contributed by atoms with Gasteiger partial charge in [-0.2, -0.15) is 0 Å². The zero-order valence-electron chi connectivity index (χ0n) is 14.9. The van der Waals surface area contributed by atoms with Crippen molar-refractivity contribution in [1.29, 1.82) is 0 Å². The van der Waals surface area contributed by atoms with Gasteiger partial charge in [-0.1, -0.05) is 5.92 Å². The van der Waals surface area contributed by atoms with Crippen molar-refractivity contribution in [3.63, 3.8) is 0 Å². The fraction of sp³-hybridized carbons (Fsp3) is 0.278. The molecular formula is C18H15ClF3N3O2S. The highest BCUT2D eigenvalue weighted by Gasteiger charge is 2.31. The first-order chi connectivity index (χ1) is 13.2. The summed E-state index contributed by atoms with van der Waals surface area (Å²) in [5.74, 6) is 2.19. The van der Waals surface area contributed by atoms with Gasteiger partial charge in [-0.05, 0) is 55.1 Å². The van der Waals surface area contributed by atoms with Crippen molar-refractivity contribution in [2.24, 2.45) is 0 Å².